The molecule has 1 saturated heterocycles. The molecule has 1 aliphatic rings. The molecule has 1 aromatic heterocycles. The third kappa shape index (κ3) is 1.97. The van der Waals surface area contributed by atoms with E-state index in [0.717, 1.165) is 5.69 Å². The Hall–Kier alpha value is -1.49. The van der Waals surface area contributed by atoms with Gasteiger partial charge in [-0.2, -0.15) is 0 Å². The van der Waals surface area contributed by atoms with Crippen LogP contribution in [0.3, 0.4) is 0 Å². The van der Waals surface area contributed by atoms with Gasteiger partial charge in [-0.15, -0.1) is 0 Å². The van der Waals surface area contributed by atoms with E-state index >= 15 is 0 Å². The number of rotatable bonds is 2. The van der Waals surface area contributed by atoms with Gasteiger partial charge in [0.1, 0.15) is 0 Å². The number of anilines is 1. The molecule has 2 heterocycles. The Morgan fingerprint density at radius 2 is 2.33 bits per heavy atom. The first-order chi connectivity index (χ1) is 7.10. The maximum Gasteiger partial charge on any atom is 0.237 e. The zero-order valence-electron chi connectivity index (χ0n) is 8.78. The summed E-state index contributed by atoms with van der Waals surface area (Å²) in [6, 6.07) is 1.78. The fourth-order valence-corrected chi connectivity index (χ4v) is 1.30. The van der Waals surface area contributed by atoms with Gasteiger partial charge < -0.3 is 4.74 Å². The second-order valence-electron chi connectivity index (χ2n) is 4.03. The molecular formula is C10H13N3O2. The first-order valence-electron chi connectivity index (χ1n) is 4.79. The molecule has 0 radical (unpaired) electrons. The predicted molar refractivity (Wildman–Crippen MR) is 54.3 cm³/mol. The number of amides is 1. The van der Waals surface area contributed by atoms with E-state index in [1.165, 1.54) is 0 Å². The van der Waals surface area contributed by atoms with Crippen molar-refractivity contribution in [3.8, 4) is 0 Å². The SMILES string of the molecule is Cc1ccnc(NC(=O)C2(C)COC2)n1. The number of carbonyl (C=O) groups is 1. The van der Waals surface area contributed by atoms with Crippen LogP contribution in [0.1, 0.15) is 12.6 Å². The highest BCUT2D eigenvalue weighted by Gasteiger charge is 2.41. The maximum atomic E-state index is 11.8. The molecule has 0 unspecified atom stereocenters. The summed E-state index contributed by atoms with van der Waals surface area (Å²) < 4.78 is 5.02. The van der Waals surface area contributed by atoms with Crippen molar-refractivity contribution in [1.29, 1.82) is 0 Å². The first-order valence-corrected chi connectivity index (χ1v) is 4.79. The van der Waals surface area contributed by atoms with Crippen LogP contribution in [0.4, 0.5) is 5.95 Å². The second kappa shape index (κ2) is 3.58. The normalized spacial score (nSPS) is 18.0. The number of hydrogen-bond donors (Lipinski definition) is 1. The molecule has 2 rings (SSSR count). The van der Waals surface area contributed by atoms with Crippen LogP contribution in [-0.2, 0) is 9.53 Å². The fourth-order valence-electron chi connectivity index (χ4n) is 1.30. The zero-order valence-corrected chi connectivity index (χ0v) is 8.78. The summed E-state index contributed by atoms with van der Waals surface area (Å²) in [5.41, 5.74) is 0.405. The van der Waals surface area contributed by atoms with Crippen molar-refractivity contribution in [3.05, 3.63) is 18.0 Å². The van der Waals surface area contributed by atoms with Crippen LogP contribution >= 0.6 is 0 Å². The van der Waals surface area contributed by atoms with E-state index in [2.05, 4.69) is 15.3 Å². The van der Waals surface area contributed by atoms with Crippen molar-refractivity contribution in [2.75, 3.05) is 18.5 Å². The van der Waals surface area contributed by atoms with E-state index in [4.69, 9.17) is 4.74 Å². The van der Waals surface area contributed by atoms with Crippen LogP contribution in [0.5, 0.6) is 0 Å². The summed E-state index contributed by atoms with van der Waals surface area (Å²) in [6.07, 6.45) is 1.62. The highest BCUT2D eigenvalue weighted by Crippen LogP contribution is 2.27. The van der Waals surface area contributed by atoms with Crippen LogP contribution in [0, 0.1) is 12.3 Å². The molecule has 80 valence electrons. The van der Waals surface area contributed by atoms with E-state index in [9.17, 15) is 4.79 Å². The number of aromatic nitrogens is 2. The average Bonchev–Trinajstić information content (AvgIpc) is 2.14. The summed E-state index contributed by atoms with van der Waals surface area (Å²) in [5.74, 6) is 0.271. The van der Waals surface area contributed by atoms with Gasteiger partial charge in [-0.05, 0) is 19.9 Å². The molecule has 0 atom stereocenters. The Balaban J connectivity index is 2.06. The Morgan fingerprint density at radius 1 is 1.60 bits per heavy atom. The van der Waals surface area contributed by atoms with Crippen LogP contribution in [0.15, 0.2) is 12.3 Å². The van der Waals surface area contributed by atoms with E-state index < -0.39 is 5.41 Å². The molecule has 0 aromatic carbocycles. The van der Waals surface area contributed by atoms with Gasteiger partial charge >= 0.3 is 0 Å². The number of nitrogens with one attached hydrogen (secondary N) is 1. The Morgan fingerprint density at radius 3 is 2.87 bits per heavy atom. The van der Waals surface area contributed by atoms with Crippen LogP contribution in [0.25, 0.3) is 0 Å². The molecule has 1 N–H and O–H groups in total. The fraction of sp³-hybridized carbons (Fsp3) is 0.500. The molecule has 1 aromatic rings. The highest BCUT2D eigenvalue weighted by molar-refractivity contribution is 5.94. The summed E-state index contributed by atoms with van der Waals surface area (Å²) in [7, 11) is 0. The molecule has 0 aliphatic carbocycles. The van der Waals surface area contributed by atoms with Gasteiger partial charge in [0.05, 0.1) is 18.6 Å². The number of aryl methyl sites for hydroxylation is 1. The summed E-state index contributed by atoms with van der Waals surface area (Å²) in [6.45, 7) is 4.64. The number of hydrogen-bond acceptors (Lipinski definition) is 4. The number of ether oxygens (including phenoxy) is 1. The van der Waals surface area contributed by atoms with E-state index in [-0.39, 0.29) is 5.91 Å². The van der Waals surface area contributed by atoms with Gasteiger partial charge in [0.15, 0.2) is 0 Å². The zero-order chi connectivity index (χ0) is 10.9. The Kier molecular flexibility index (Phi) is 2.40. The van der Waals surface area contributed by atoms with E-state index in [1.54, 1.807) is 12.3 Å². The van der Waals surface area contributed by atoms with E-state index in [0.29, 0.717) is 19.2 Å². The topological polar surface area (TPSA) is 64.1 Å². The lowest BCUT2D eigenvalue weighted by atomic mass is 9.88. The smallest absolute Gasteiger partial charge is 0.237 e. The molecule has 0 saturated carbocycles. The molecule has 5 nitrogen and oxygen atoms in total. The molecule has 0 bridgehead atoms. The second-order valence-corrected chi connectivity index (χ2v) is 4.03. The molecule has 1 amide bonds. The van der Waals surface area contributed by atoms with Gasteiger partial charge in [-0.1, -0.05) is 0 Å². The van der Waals surface area contributed by atoms with Crippen molar-refractivity contribution < 1.29 is 9.53 Å². The third-order valence-corrected chi connectivity index (χ3v) is 2.41. The Labute approximate surface area is 87.9 Å². The minimum atomic E-state index is -0.424. The highest BCUT2D eigenvalue weighted by atomic mass is 16.5. The summed E-state index contributed by atoms with van der Waals surface area (Å²) in [4.78, 5) is 19.8. The van der Waals surface area contributed by atoms with Crippen LogP contribution in [0.2, 0.25) is 0 Å². The van der Waals surface area contributed by atoms with Gasteiger partial charge in [-0.3, -0.25) is 10.1 Å². The molecule has 1 fully saturated rings. The lowest BCUT2D eigenvalue weighted by molar-refractivity contribution is -0.152. The van der Waals surface area contributed by atoms with Crippen LogP contribution < -0.4 is 5.32 Å². The molecule has 1 aliphatic heterocycles. The van der Waals surface area contributed by atoms with Crippen molar-refractivity contribution >= 4 is 11.9 Å². The number of nitrogens with zero attached hydrogens (tertiary/aromatic N) is 2. The minimum Gasteiger partial charge on any atom is -0.379 e. The molecule has 0 spiro atoms. The number of carbonyl (C=O) groups excluding carboxylic acids is 1. The van der Waals surface area contributed by atoms with Crippen molar-refractivity contribution in [3.63, 3.8) is 0 Å². The lowest BCUT2D eigenvalue weighted by Gasteiger charge is -2.35. The monoisotopic (exact) mass is 207 g/mol. The van der Waals surface area contributed by atoms with Crippen molar-refractivity contribution in [2.45, 2.75) is 13.8 Å². The molecule has 15 heavy (non-hydrogen) atoms. The van der Waals surface area contributed by atoms with Crippen molar-refractivity contribution in [2.24, 2.45) is 5.41 Å². The average molecular weight is 207 g/mol. The van der Waals surface area contributed by atoms with Gasteiger partial charge in [0, 0.05) is 11.9 Å². The molecule has 5 heteroatoms. The molecular weight excluding hydrogens is 194 g/mol. The van der Waals surface area contributed by atoms with Gasteiger partial charge in [0.25, 0.3) is 0 Å². The van der Waals surface area contributed by atoms with Gasteiger partial charge in [-0.25, -0.2) is 9.97 Å². The third-order valence-electron chi connectivity index (χ3n) is 2.41. The van der Waals surface area contributed by atoms with E-state index in [1.807, 2.05) is 13.8 Å². The standard InChI is InChI=1S/C10H13N3O2/c1-7-3-4-11-9(12-7)13-8(14)10(2)5-15-6-10/h3-4H,5-6H2,1-2H3,(H,11,12,13,14). The predicted octanol–water partition coefficient (Wildman–Crippen LogP) is 0.760. The Bertz CT molecular complexity index is 388. The summed E-state index contributed by atoms with van der Waals surface area (Å²) >= 11 is 0. The van der Waals surface area contributed by atoms with Crippen molar-refractivity contribution in [1.82, 2.24) is 9.97 Å². The van der Waals surface area contributed by atoms with Crippen LogP contribution in [-0.4, -0.2) is 29.1 Å². The lowest BCUT2D eigenvalue weighted by Crippen LogP contribution is -2.49. The minimum absolute atomic E-state index is 0.0839. The maximum absolute atomic E-state index is 11.8. The summed E-state index contributed by atoms with van der Waals surface area (Å²) in [5, 5.41) is 2.68. The quantitative estimate of drug-likeness (QED) is 0.777. The first kappa shape index (κ1) is 10.0. The van der Waals surface area contributed by atoms with Gasteiger partial charge in [0.2, 0.25) is 11.9 Å². The largest absolute Gasteiger partial charge is 0.379 e.